The zero-order valence-electron chi connectivity index (χ0n) is 18.2. The highest BCUT2D eigenvalue weighted by Gasteiger charge is 2.16. The van der Waals surface area contributed by atoms with Crippen LogP contribution < -0.4 is 14.8 Å². The summed E-state index contributed by atoms with van der Waals surface area (Å²) >= 11 is 0. The molecule has 0 saturated heterocycles. The van der Waals surface area contributed by atoms with Crippen LogP contribution in [0.5, 0.6) is 11.5 Å². The van der Waals surface area contributed by atoms with Gasteiger partial charge >= 0.3 is 0 Å². The van der Waals surface area contributed by atoms with E-state index >= 15 is 0 Å². The van der Waals surface area contributed by atoms with Gasteiger partial charge in [0.25, 0.3) is 0 Å². The maximum absolute atomic E-state index is 5.42. The van der Waals surface area contributed by atoms with Crippen molar-refractivity contribution in [2.45, 2.75) is 33.2 Å². The second-order valence-corrected chi connectivity index (χ2v) is 7.39. The van der Waals surface area contributed by atoms with Crippen molar-refractivity contribution in [1.82, 2.24) is 15.1 Å². The summed E-state index contributed by atoms with van der Waals surface area (Å²) in [6.45, 7) is 4.70. The normalized spacial score (nSPS) is 11.0. The molecule has 4 rings (SSSR count). The Labute approximate surface area is 181 Å². The van der Waals surface area contributed by atoms with Crippen LogP contribution in [0, 0.1) is 6.92 Å². The number of hydrogen-bond acceptors (Lipinski definition) is 7. The molecule has 0 fully saturated rings. The fourth-order valence-electron chi connectivity index (χ4n) is 3.46. The van der Waals surface area contributed by atoms with Crippen LogP contribution in [0.2, 0.25) is 0 Å². The minimum absolute atomic E-state index is 0.536. The standard InChI is InChI=1S/C24H26N4O3/c1-5-6-22-27-24(28-31-22)18-13-17-11-15(2)7-9-19(17)26-23(18)25-14-16-8-10-20(29-3)21(12-16)30-4/h7-13H,5-6,14H2,1-4H3,(H,25,26). The van der Waals surface area contributed by atoms with Gasteiger partial charge in [-0.25, -0.2) is 4.98 Å². The molecule has 0 aliphatic carbocycles. The maximum Gasteiger partial charge on any atom is 0.226 e. The molecule has 0 aliphatic heterocycles. The largest absolute Gasteiger partial charge is 0.493 e. The first-order valence-corrected chi connectivity index (χ1v) is 10.3. The zero-order valence-corrected chi connectivity index (χ0v) is 18.2. The van der Waals surface area contributed by atoms with Crippen molar-refractivity contribution in [3.05, 3.63) is 59.5 Å². The highest BCUT2D eigenvalue weighted by molar-refractivity contribution is 5.88. The number of nitrogens with one attached hydrogen (secondary N) is 1. The monoisotopic (exact) mass is 418 g/mol. The van der Waals surface area contributed by atoms with Crippen LogP contribution in [0.15, 0.2) is 47.0 Å². The minimum atomic E-state index is 0.536. The van der Waals surface area contributed by atoms with Crippen LogP contribution in [-0.4, -0.2) is 29.3 Å². The van der Waals surface area contributed by atoms with Gasteiger partial charge in [-0.3, -0.25) is 0 Å². The molecule has 0 radical (unpaired) electrons. The smallest absolute Gasteiger partial charge is 0.226 e. The number of anilines is 1. The third kappa shape index (κ3) is 4.45. The number of benzene rings is 2. The lowest BCUT2D eigenvalue weighted by Crippen LogP contribution is -2.05. The van der Waals surface area contributed by atoms with E-state index in [1.165, 1.54) is 5.56 Å². The number of aromatic nitrogens is 3. The van der Waals surface area contributed by atoms with Crippen molar-refractivity contribution in [2.75, 3.05) is 19.5 Å². The average Bonchev–Trinajstić information content (AvgIpc) is 3.25. The lowest BCUT2D eigenvalue weighted by Gasteiger charge is -2.13. The Kier molecular flexibility index (Phi) is 6.02. The molecular formula is C24H26N4O3. The molecule has 2 heterocycles. The van der Waals surface area contributed by atoms with Crippen molar-refractivity contribution >= 4 is 16.7 Å². The van der Waals surface area contributed by atoms with E-state index in [-0.39, 0.29) is 0 Å². The molecule has 0 unspecified atom stereocenters. The number of aryl methyl sites for hydroxylation is 2. The van der Waals surface area contributed by atoms with Crippen LogP contribution in [0.4, 0.5) is 5.82 Å². The molecule has 2 aromatic carbocycles. The number of methoxy groups -OCH3 is 2. The number of pyridine rings is 1. The van der Waals surface area contributed by atoms with E-state index in [1.807, 2.05) is 24.3 Å². The van der Waals surface area contributed by atoms with Gasteiger partial charge in [0.15, 0.2) is 11.5 Å². The van der Waals surface area contributed by atoms with Gasteiger partial charge in [0.2, 0.25) is 11.7 Å². The van der Waals surface area contributed by atoms with E-state index in [9.17, 15) is 0 Å². The molecule has 160 valence electrons. The highest BCUT2D eigenvalue weighted by atomic mass is 16.5. The van der Waals surface area contributed by atoms with Crippen molar-refractivity contribution in [2.24, 2.45) is 0 Å². The first-order chi connectivity index (χ1) is 15.1. The van der Waals surface area contributed by atoms with Crippen molar-refractivity contribution in [1.29, 1.82) is 0 Å². The summed E-state index contributed by atoms with van der Waals surface area (Å²) in [5, 5.41) is 8.67. The molecule has 4 aromatic rings. The minimum Gasteiger partial charge on any atom is -0.493 e. The Morgan fingerprint density at radius 3 is 2.58 bits per heavy atom. The van der Waals surface area contributed by atoms with Gasteiger partial charge in [-0.05, 0) is 49.2 Å². The number of ether oxygens (including phenoxy) is 2. The Balaban J connectivity index is 1.70. The van der Waals surface area contributed by atoms with E-state index in [0.717, 1.165) is 34.9 Å². The molecule has 0 spiro atoms. The van der Waals surface area contributed by atoms with Crippen molar-refractivity contribution in [3.63, 3.8) is 0 Å². The van der Waals surface area contributed by atoms with E-state index in [2.05, 4.69) is 47.5 Å². The molecule has 0 aliphatic rings. The molecule has 7 heteroatoms. The summed E-state index contributed by atoms with van der Waals surface area (Å²) in [6.07, 6.45) is 1.70. The predicted molar refractivity (Wildman–Crippen MR) is 121 cm³/mol. The second-order valence-electron chi connectivity index (χ2n) is 7.39. The fourth-order valence-corrected chi connectivity index (χ4v) is 3.46. The topological polar surface area (TPSA) is 82.3 Å². The molecule has 0 atom stereocenters. The van der Waals surface area contributed by atoms with E-state index < -0.39 is 0 Å². The van der Waals surface area contributed by atoms with Gasteiger partial charge in [-0.2, -0.15) is 4.98 Å². The molecular weight excluding hydrogens is 392 g/mol. The average molecular weight is 418 g/mol. The molecule has 31 heavy (non-hydrogen) atoms. The van der Waals surface area contributed by atoms with E-state index in [0.29, 0.717) is 35.6 Å². The van der Waals surface area contributed by atoms with Gasteiger partial charge < -0.3 is 19.3 Å². The second kappa shape index (κ2) is 9.04. The summed E-state index contributed by atoms with van der Waals surface area (Å²) in [7, 11) is 3.25. The summed E-state index contributed by atoms with van der Waals surface area (Å²) in [5.74, 6) is 3.25. The van der Waals surface area contributed by atoms with Crippen LogP contribution in [0.25, 0.3) is 22.3 Å². The number of rotatable bonds is 8. The van der Waals surface area contributed by atoms with Gasteiger partial charge in [-0.15, -0.1) is 0 Å². The van der Waals surface area contributed by atoms with Gasteiger partial charge in [0.1, 0.15) is 5.82 Å². The lowest BCUT2D eigenvalue weighted by atomic mass is 10.1. The van der Waals surface area contributed by atoms with E-state index in [4.69, 9.17) is 19.0 Å². The molecule has 0 amide bonds. The van der Waals surface area contributed by atoms with Gasteiger partial charge in [0.05, 0.1) is 25.3 Å². The Bertz CT molecular complexity index is 1200. The number of hydrogen-bond donors (Lipinski definition) is 1. The van der Waals surface area contributed by atoms with Crippen molar-refractivity contribution in [3.8, 4) is 22.9 Å². The first-order valence-electron chi connectivity index (χ1n) is 10.3. The van der Waals surface area contributed by atoms with Crippen LogP contribution in [-0.2, 0) is 13.0 Å². The Morgan fingerprint density at radius 2 is 1.81 bits per heavy atom. The van der Waals surface area contributed by atoms with Crippen LogP contribution in [0.1, 0.15) is 30.4 Å². The number of nitrogens with zero attached hydrogens (tertiary/aromatic N) is 3. The summed E-state index contributed by atoms with van der Waals surface area (Å²) < 4.78 is 16.2. The number of fused-ring (bicyclic) bond motifs is 1. The van der Waals surface area contributed by atoms with Crippen LogP contribution in [0.3, 0.4) is 0 Å². The summed E-state index contributed by atoms with van der Waals surface area (Å²) in [6, 6.07) is 14.1. The van der Waals surface area contributed by atoms with E-state index in [1.54, 1.807) is 14.2 Å². The fraction of sp³-hybridized carbons (Fsp3) is 0.292. The molecule has 7 nitrogen and oxygen atoms in total. The third-order valence-electron chi connectivity index (χ3n) is 5.05. The van der Waals surface area contributed by atoms with Gasteiger partial charge in [-0.1, -0.05) is 29.8 Å². The van der Waals surface area contributed by atoms with Gasteiger partial charge in [0, 0.05) is 18.4 Å². The molecule has 1 N–H and O–H groups in total. The van der Waals surface area contributed by atoms with Crippen molar-refractivity contribution < 1.29 is 14.0 Å². The highest BCUT2D eigenvalue weighted by Crippen LogP contribution is 2.31. The lowest BCUT2D eigenvalue weighted by molar-refractivity contribution is 0.354. The SMILES string of the molecule is CCCc1nc(-c2cc3cc(C)ccc3nc2NCc2ccc(OC)c(OC)c2)no1. The summed E-state index contributed by atoms with van der Waals surface area (Å²) in [4.78, 5) is 9.42. The maximum atomic E-state index is 5.42. The zero-order chi connectivity index (χ0) is 21.8. The Hall–Kier alpha value is -3.61. The quantitative estimate of drug-likeness (QED) is 0.422. The molecule has 2 aromatic heterocycles. The van der Waals surface area contributed by atoms with Crippen LogP contribution >= 0.6 is 0 Å². The summed E-state index contributed by atoms with van der Waals surface area (Å²) in [5.41, 5.74) is 3.92. The molecule has 0 bridgehead atoms. The predicted octanol–water partition coefficient (Wildman–Crippen LogP) is 5.18. The third-order valence-corrected chi connectivity index (χ3v) is 5.05. The first kappa shape index (κ1) is 20.7. The molecule has 0 saturated carbocycles. The Morgan fingerprint density at radius 1 is 0.968 bits per heavy atom.